The van der Waals surface area contributed by atoms with Crippen molar-refractivity contribution in [1.82, 2.24) is 0 Å². The molecule has 0 aliphatic carbocycles. The van der Waals surface area contributed by atoms with Crippen LogP contribution in [-0.4, -0.2) is 18.8 Å². The fourth-order valence-electron chi connectivity index (χ4n) is 2.58. The summed E-state index contributed by atoms with van der Waals surface area (Å²) in [6, 6.07) is 14.3. The first-order chi connectivity index (χ1) is 10.1. The van der Waals surface area contributed by atoms with Crippen molar-refractivity contribution < 1.29 is 9.84 Å². The number of methoxy groups -OCH3 is 1. The van der Waals surface area contributed by atoms with E-state index in [1.165, 1.54) is 5.56 Å². The molecule has 0 saturated carbocycles. The van der Waals surface area contributed by atoms with Gasteiger partial charge in [-0.3, -0.25) is 0 Å². The molecule has 0 unspecified atom stereocenters. The Labute approximate surface area is 126 Å². The van der Waals surface area contributed by atoms with E-state index in [-0.39, 0.29) is 0 Å². The Morgan fingerprint density at radius 1 is 1.14 bits per heavy atom. The van der Waals surface area contributed by atoms with Crippen molar-refractivity contribution in [1.29, 1.82) is 0 Å². The topological polar surface area (TPSA) is 32.7 Å². The van der Waals surface area contributed by atoms with Crippen LogP contribution in [0.3, 0.4) is 0 Å². The molecule has 1 atom stereocenters. The Balaban J connectivity index is 2.54. The fraction of sp³-hybridized carbons (Fsp3) is 0.333. The molecule has 0 amide bonds. The minimum atomic E-state index is -0.587. The maximum Gasteiger partial charge on any atom is 0.126 e. The summed E-state index contributed by atoms with van der Waals surface area (Å²) in [6.07, 6.45) is -0.587. The number of aliphatic hydroxyl groups is 1. The summed E-state index contributed by atoms with van der Waals surface area (Å²) < 4.78 is 5.41. The molecule has 0 saturated heterocycles. The second-order valence-electron chi connectivity index (χ2n) is 5.15. The van der Waals surface area contributed by atoms with E-state index in [4.69, 9.17) is 4.74 Å². The van der Waals surface area contributed by atoms with Crippen molar-refractivity contribution in [3.8, 4) is 5.75 Å². The van der Waals surface area contributed by atoms with Gasteiger partial charge in [0.1, 0.15) is 5.75 Å². The Kier molecular flexibility index (Phi) is 4.86. The average Bonchev–Trinajstić information content (AvgIpc) is 2.49. The molecule has 0 aliphatic rings. The predicted molar refractivity (Wildman–Crippen MR) is 87.5 cm³/mol. The van der Waals surface area contributed by atoms with Gasteiger partial charge in [0.25, 0.3) is 0 Å². The third-order valence-corrected chi connectivity index (χ3v) is 3.63. The molecule has 21 heavy (non-hydrogen) atoms. The van der Waals surface area contributed by atoms with Crippen molar-refractivity contribution >= 4 is 11.4 Å². The van der Waals surface area contributed by atoms with Gasteiger partial charge in [-0.05, 0) is 45.0 Å². The summed E-state index contributed by atoms with van der Waals surface area (Å²) >= 11 is 0. The molecule has 0 aromatic heterocycles. The highest BCUT2D eigenvalue weighted by molar-refractivity contribution is 5.69. The standard InChI is InChI=1S/C18H23NO2/c1-5-19(15-11-9-13(2)10-12-15)16-7-6-8-17(21-4)18(16)14(3)20/h6-12,14,20H,5H2,1-4H3/t14-/m1/s1. The van der Waals surface area contributed by atoms with Gasteiger partial charge in [-0.25, -0.2) is 0 Å². The molecule has 2 aromatic rings. The van der Waals surface area contributed by atoms with E-state index in [2.05, 4.69) is 43.0 Å². The van der Waals surface area contributed by atoms with E-state index >= 15 is 0 Å². The maximum atomic E-state index is 10.1. The number of hydrogen-bond donors (Lipinski definition) is 1. The molecule has 3 nitrogen and oxygen atoms in total. The Hall–Kier alpha value is -2.00. The number of hydrogen-bond acceptors (Lipinski definition) is 3. The van der Waals surface area contributed by atoms with Crippen LogP contribution in [0.25, 0.3) is 0 Å². The zero-order valence-electron chi connectivity index (χ0n) is 13.1. The van der Waals surface area contributed by atoms with Crippen molar-refractivity contribution in [2.45, 2.75) is 26.9 Å². The van der Waals surface area contributed by atoms with Gasteiger partial charge in [0, 0.05) is 17.8 Å². The minimum absolute atomic E-state index is 0.587. The molecule has 1 N–H and O–H groups in total. The molecule has 3 heteroatoms. The lowest BCUT2D eigenvalue weighted by atomic mass is 10.0. The second kappa shape index (κ2) is 6.64. The SMILES string of the molecule is CCN(c1ccc(C)cc1)c1cccc(OC)c1[C@@H](C)O. The van der Waals surface area contributed by atoms with Gasteiger partial charge in [0.15, 0.2) is 0 Å². The molecule has 0 fully saturated rings. The van der Waals surface area contributed by atoms with Crippen molar-refractivity contribution in [3.05, 3.63) is 53.6 Å². The van der Waals surface area contributed by atoms with Crippen LogP contribution in [0.1, 0.15) is 31.1 Å². The molecule has 0 bridgehead atoms. The van der Waals surface area contributed by atoms with Crippen molar-refractivity contribution in [2.75, 3.05) is 18.6 Å². The first kappa shape index (κ1) is 15.4. The van der Waals surface area contributed by atoms with Gasteiger partial charge in [0.2, 0.25) is 0 Å². The van der Waals surface area contributed by atoms with E-state index < -0.39 is 6.10 Å². The smallest absolute Gasteiger partial charge is 0.126 e. The van der Waals surface area contributed by atoms with Crippen LogP contribution in [0, 0.1) is 6.92 Å². The van der Waals surface area contributed by atoms with E-state index in [1.807, 2.05) is 18.2 Å². The normalized spacial score (nSPS) is 12.0. The van der Waals surface area contributed by atoms with Crippen LogP contribution in [0.4, 0.5) is 11.4 Å². The van der Waals surface area contributed by atoms with Crippen LogP contribution in [0.5, 0.6) is 5.75 Å². The second-order valence-corrected chi connectivity index (χ2v) is 5.15. The van der Waals surface area contributed by atoms with Crippen molar-refractivity contribution in [2.24, 2.45) is 0 Å². The Morgan fingerprint density at radius 2 is 1.81 bits per heavy atom. The number of nitrogens with zero attached hydrogens (tertiary/aromatic N) is 1. The number of aryl methyl sites for hydroxylation is 1. The zero-order chi connectivity index (χ0) is 15.4. The van der Waals surface area contributed by atoms with Crippen LogP contribution in [0.15, 0.2) is 42.5 Å². The maximum absolute atomic E-state index is 10.1. The van der Waals surface area contributed by atoms with Crippen LogP contribution in [-0.2, 0) is 0 Å². The average molecular weight is 285 g/mol. The summed E-state index contributed by atoms with van der Waals surface area (Å²) in [5.74, 6) is 0.716. The van der Waals surface area contributed by atoms with E-state index in [1.54, 1.807) is 14.0 Å². The monoisotopic (exact) mass is 285 g/mol. The van der Waals surface area contributed by atoms with Gasteiger partial charge in [-0.15, -0.1) is 0 Å². The summed E-state index contributed by atoms with van der Waals surface area (Å²) in [5.41, 5.74) is 4.15. The summed E-state index contributed by atoms with van der Waals surface area (Å²) in [6.45, 7) is 6.76. The zero-order valence-corrected chi connectivity index (χ0v) is 13.1. The fourth-order valence-corrected chi connectivity index (χ4v) is 2.58. The van der Waals surface area contributed by atoms with E-state index in [0.29, 0.717) is 5.75 Å². The highest BCUT2D eigenvalue weighted by Gasteiger charge is 2.18. The number of ether oxygens (including phenoxy) is 1. The van der Waals surface area contributed by atoms with Gasteiger partial charge in [-0.2, -0.15) is 0 Å². The molecule has 0 spiro atoms. The van der Waals surface area contributed by atoms with Gasteiger partial charge >= 0.3 is 0 Å². The first-order valence-corrected chi connectivity index (χ1v) is 7.27. The predicted octanol–water partition coefficient (Wildman–Crippen LogP) is 4.21. The Bertz CT molecular complexity index is 591. The number of benzene rings is 2. The number of rotatable bonds is 5. The lowest BCUT2D eigenvalue weighted by Gasteiger charge is -2.28. The third kappa shape index (κ3) is 3.19. The molecule has 0 radical (unpaired) electrons. The van der Waals surface area contributed by atoms with E-state index in [0.717, 1.165) is 23.5 Å². The van der Waals surface area contributed by atoms with Gasteiger partial charge < -0.3 is 14.7 Å². The summed E-state index contributed by atoms with van der Waals surface area (Å²) in [4.78, 5) is 2.18. The summed E-state index contributed by atoms with van der Waals surface area (Å²) in [7, 11) is 1.63. The summed E-state index contributed by atoms with van der Waals surface area (Å²) in [5, 5.41) is 10.1. The highest BCUT2D eigenvalue weighted by atomic mass is 16.5. The molecule has 2 rings (SSSR count). The van der Waals surface area contributed by atoms with E-state index in [9.17, 15) is 5.11 Å². The van der Waals surface area contributed by atoms with Crippen LogP contribution >= 0.6 is 0 Å². The van der Waals surface area contributed by atoms with Crippen LogP contribution in [0.2, 0.25) is 0 Å². The number of anilines is 2. The quantitative estimate of drug-likeness (QED) is 0.893. The third-order valence-electron chi connectivity index (χ3n) is 3.63. The van der Waals surface area contributed by atoms with Gasteiger partial charge in [-0.1, -0.05) is 23.8 Å². The molecular weight excluding hydrogens is 262 g/mol. The molecular formula is C18H23NO2. The lowest BCUT2D eigenvalue weighted by Crippen LogP contribution is -2.18. The highest BCUT2D eigenvalue weighted by Crippen LogP contribution is 2.37. The largest absolute Gasteiger partial charge is 0.496 e. The molecule has 0 heterocycles. The number of aliphatic hydroxyl groups excluding tert-OH is 1. The lowest BCUT2D eigenvalue weighted by molar-refractivity contribution is 0.195. The molecule has 2 aromatic carbocycles. The first-order valence-electron chi connectivity index (χ1n) is 7.27. The minimum Gasteiger partial charge on any atom is -0.496 e. The van der Waals surface area contributed by atoms with Crippen LogP contribution < -0.4 is 9.64 Å². The molecule has 0 aliphatic heterocycles. The Morgan fingerprint density at radius 3 is 2.33 bits per heavy atom. The van der Waals surface area contributed by atoms with Crippen molar-refractivity contribution in [3.63, 3.8) is 0 Å². The van der Waals surface area contributed by atoms with Gasteiger partial charge in [0.05, 0.1) is 18.9 Å². The molecule has 112 valence electrons.